The Labute approximate surface area is 191 Å². The summed E-state index contributed by atoms with van der Waals surface area (Å²) in [4.78, 5) is 33.4. The number of benzene rings is 2. The number of nitrogens with zero attached hydrogens (tertiary/aromatic N) is 2. The number of para-hydroxylation sites is 2. The number of cyclic esters (lactones) is 1. The summed E-state index contributed by atoms with van der Waals surface area (Å²) in [6.45, 7) is 0. The predicted molar refractivity (Wildman–Crippen MR) is 122 cm³/mol. The highest BCUT2D eigenvalue weighted by Crippen LogP contribution is 2.47. The molecule has 1 aliphatic heterocycles. The summed E-state index contributed by atoms with van der Waals surface area (Å²) < 4.78 is 8.27. The van der Waals surface area contributed by atoms with Gasteiger partial charge in [-0.25, -0.2) is 19.6 Å². The second kappa shape index (κ2) is 7.83. The number of thiazole rings is 2. The number of ether oxygens (including phenoxy) is 1. The Hall–Kier alpha value is -2.60. The molecule has 0 amide bonds. The number of hydrogen-bond acceptors (Lipinski definition) is 10. The number of hydrogen-bond donors (Lipinski definition) is 2. The van der Waals surface area contributed by atoms with Crippen LogP contribution in [0, 0.1) is 0 Å². The first-order valence-electron chi connectivity index (χ1n) is 8.88. The largest absolute Gasteiger partial charge is 0.501 e. The Morgan fingerprint density at radius 2 is 1.58 bits per heavy atom. The van der Waals surface area contributed by atoms with E-state index in [1.54, 1.807) is 0 Å². The van der Waals surface area contributed by atoms with E-state index in [0.717, 1.165) is 32.2 Å². The van der Waals surface area contributed by atoms with Crippen molar-refractivity contribution in [2.75, 3.05) is 5.75 Å². The SMILES string of the molecule is O=C1OC(CSc2nc3ccccc3s2)(C(=O)O)C(Sc2nc3ccccc3s2)=C1O. The predicted octanol–water partition coefficient (Wildman–Crippen LogP) is 4.94. The van der Waals surface area contributed by atoms with Gasteiger partial charge in [0.15, 0.2) is 8.68 Å². The summed E-state index contributed by atoms with van der Waals surface area (Å²) in [7, 11) is 0. The van der Waals surface area contributed by atoms with Crippen molar-refractivity contribution in [1.82, 2.24) is 9.97 Å². The lowest BCUT2D eigenvalue weighted by molar-refractivity contribution is -0.165. The van der Waals surface area contributed by atoms with Gasteiger partial charge in [-0.15, -0.1) is 22.7 Å². The maximum Gasteiger partial charge on any atom is 0.375 e. The molecule has 156 valence electrons. The second-order valence-electron chi connectivity index (χ2n) is 6.49. The van der Waals surface area contributed by atoms with Crippen LogP contribution in [-0.4, -0.2) is 43.5 Å². The zero-order chi connectivity index (χ0) is 21.6. The van der Waals surface area contributed by atoms with Crippen LogP contribution < -0.4 is 0 Å². The molecule has 1 atom stereocenters. The Morgan fingerprint density at radius 1 is 1.00 bits per heavy atom. The third kappa shape index (κ3) is 3.57. The topological polar surface area (TPSA) is 110 Å². The van der Waals surface area contributed by atoms with E-state index >= 15 is 0 Å². The summed E-state index contributed by atoms with van der Waals surface area (Å²) in [5.41, 5.74) is -0.456. The van der Waals surface area contributed by atoms with Gasteiger partial charge in [0.1, 0.15) is 0 Å². The van der Waals surface area contributed by atoms with Gasteiger partial charge in [-0.05, 0) is 24.3 Å². The fourth-order valence-electron chi connectivity index (χ4n) is 3.02. The quantitative estimate of drug-likeness (QED) is 0.288. The molecule has 4 aromatic rings. The van der Waals surface area contributed by atoms with Crippen molar-refractivity contribution in [1.29, 1.82) is 0 Å². The van der Waals surface area contributed by atoms with E-state index in [9.17, 15) is 19.8 Å². The Morgan fingerprint density at radius 3 is 2.19 bits per heavy atom. The number of carboxylic acids is 1. The van der Waals surface area contributed by atoms with Crippen LogP contribution in [0.5, 0.6) is 0 Å². The zero-order valence-corrected chi connectivity index (χ0v) is 18.7. The maximum atomic E-state index is 12.3. The number of fused-ring (bicyclic) bond motifs is 2. The number of aromatic nitrogens is 2. The first-order chi connectivity index (χ1) is 15.0. The van der Waals surface area contributed by atoms with Gasteiger partial charge in [0.05, 0.1) is 31.1 Å². The fraction of sp³-hybridized carbons (Fsp3) is 0.100. The van der Waals surface area contributed by atoms with Crippen LogP contribution in [0.15, 0.2) is 67.9 Å². The first-order valence-corrected chi connectivity index (χ1v) is 12.3. The number of carbonyl (C=O) groups is 2. The smallest absolute Gasteiger partial charge is 0.375 e. The standard InChI is InChI=1S/C20H12N2O5S4/c23-14-15(31-19-22-11-6-2-4-8-13(11)30-19)20(17(25)26,27-16(14)24)9-28-18-21-10-5-1-3-7-12(10)29-18/h1-8,23H,9H2,(H,25,26). The van der Waals surface area contributed by atoms with Crippen LogP contribution in [0.4, 0.5) is 0 Å². The number of aliphatic hydroxyl groups is 1. The minimum atomic E-state index is -2.02. The molecule has 2 aromatic heterocycles. The van der Waals surface area contributed by atoms with Crippen molar-refractivity contribution in [2.24, 2.45) is 0 Å². The minimum Gasteiger partial charge on any atom is -0.501 e. The molecule has 0 aliphatic carbocycles. The number of thioether (sulfide) groups is 2. The van der Waals surface area contributed by atoms with Crippen LogP contribution in [0.3, 0.4) is 0 Å². The van der Waals surface area contributed by atoms with Crippen LogP contribution in [0.25, 0.3) is 20.4 Å². The highest BCUT2D eigenvalue weighted by atomic mass is 32.2. The molecule has 3 heterocycles. The molecule has 2 aromatic carbocycles. The molecule has 1 aliphatic rings. The molecule has 31 heavy (non-hydrogen) atoms. The molecular formula is C20H12N2O5S4. The van der Waals surface area contributed by atoms with Crippen molar-refractivity contribution >= 4 is 78.6 Å². The number of rotatable bonds is 6. The van der Waals surface area contributed by atoms with Gasteiger partial charge in [0, 0.05) is 0 Å². The average molecular weight is 489 g/mol. The highest BCUT2D eigenvalue weighted by molar-refractivity contribution is 8.05. The number of carboxylic acid groups (broad SMARTS) is 1. The van der Waals surface area contributed by atoms with Crippen LogP contribution in [-0.2, 0) is 14.3 Å². The van der Waals surface area contributed by atoms with E-state index in [-0.39, 0.29) is 10.7 Å². The van der Waals surface area contributed by atoms with E-state index < -0.39 is 23.3 Å². The molecule has 0 spiro atoms. The third-order valence-corrected chi connectivity index (χ3v) is 9.17. The van der Waals surface area contributed by atoms with Crippen molar-refractivity contribution in [2.45, 2.75) is 14.3 Å². The van der Waals surface area contributed by atoms with Crippen LogP contribution in [0.1, 0.15) is 0 Å². The monoisotopic (exact) mass is 488 g/mol. The summed E-state index contributed by atoms with van der Waals surface area (Å²) in [5.74, 6) is -3.25. The minimum absolute atomic E-state index is 0.0716. The number of carbonyl (C=O) groups excluding carboxylic acids is 1. The Balaban J connectivity index is 1.47. The van der Waals surface area contributed by atoms with E-state index in [0.29, 0.717) is 8.68 Å². The van der Waals surface area contributed by atoms with Gasteiger partial charge >= 0.3 is 11.9 Å². The fourth-order valence-corrected chi connectivity index (χ4v) is 7.56. The zero-order valence-electron chi connectivity index (χ0n) is 15.5. The van der Waals surface area contributed by atoms with Gasteiger partial charge in [-0.3, -0.25) is 0 Å². The second-order valence-corrected chi connectivity index (χ2v) is 11.0. The highest BCUT2D eigenvalue weighted by Gasteiger charge is 2.55. The summed E-state index contributed by atoms with van der Waals surface area (Å²) in [6.07, 6.45) is 0. The number of aliphatic hydroxyl groups excluding tert-OH is 1. The summed E-state index contributed by atoms with van der Waals surface area (Å²) >= 11 is 4.88. The lowest BCUT2D eigenvalue weighted by Gasteiger charge is -2.24. The number of aliphatic carboxylic acids is 1. The maximum absolute atomic E-state index is 12.3. The molecule has 0 radical (unpaired) electrons. The lowest BCUT2D eigenvalue weighted by Crippen LogP contribution is -2.43. The molecule has 11 heteroatoms. The molecule has 0 bridgehead atoms. The van der Waals surface area contributed by atoms with Crippen LogP contribution in [0.2, 0.25) is 0 Å². The normalized spacial score (nSPS) is 18.8. The molecule has 7 nitrogen and oxygen atoms in total. The molecule has 0 saturated heterocycles. The van der Waals surface area contributed by atoms with Crippen molar-refractivity contribution < 1.29 is 24.5 Å². The van der Waals surface area contributed by atoms with Gasteiger partial charge < -0.3 is 14.9 Å². The van der Waals surface area contributed by atoms with Crippen molar-refractivity contribution in [3.05, 3.63) is 59.2 Å². The van der Waals surface area contributed by atoms with Crippen molar-refractivity contribution in [3.8, 4) is 0 Å². The Bertz CT molecular complexity index is 1310. The van der Waals surface area contributed by atoms with Gasteiger partial charge in [0.25, 0.3) is 5.60 Å². The van der Waals surface area contributed by atoms with Crippen molar-refractivity contribution in [3.63, 3.8) is 0 Å². The summed E-state index contributed by atoms with van der Waals surface area (Å²) in [6, 6.07) is 15.1. The number of esters is 1. The molecule has 5 rings (SSSR count). The summed E-state index contributed by atoms with van der Waals surface area (Å²) in [5, 5.41) is 20.4. The van der Waals surface area contributed by atoms with Gasteiger partial charge in [-0.1, -0.05) is 47.8 Å². The molecule has 1 unspecified atom stereocenters. The van der Waals surface area contributed by atoms with Gasteiger partial charge in [0.2, 0.25) is 5.76 Å². The van der Waals surface area contributed by atoms with E-state index in [4.69, 9.17) is 4.74 Å². The molecule has 2 N–H and O–H groups in total. The van der Waals surface area contributed by atoms with E-state index in [1.165, 1.54) is 34.4 Å². The Kier molecular flexibility index (Phi) is 5.13. The molecular weight excluding hydrogens is 476 g/mol. The van der Waals surface area contributed by atoms with Gasteiger partial charge in [-0.2, -0.15) is 0 Å². The molecule has 0 fully saturated rings. The first kappa shape index (κ1) is 20.3. The lowest BCUT2D eigenvalue weighted by atomic mass is 10.1. The van der Waals surface area contributed by atoms with E-state index in [1.807, 2.05) is 48.5 Å². The van der Waals surface area contributed by atoms with E-state index in [2.05, 4.69) is 9.97 Å². The third-order valence-electron chi connectivity index (χ3n) is 4.52. The molecule has 0 saturated carbocycles. The average Bonchev–Trinajstić information content (AvgIpc) is 3.42. The van der Waals surface area contributed by atoms with Crippen LogP contribution >= 0.6 is 46.2 Å².